The van der Waals surface area contributed by atoms with Gasteiger partial charge >= 0.3 is 0 Å². The van der Waals surface area contributed by atoms with Crippen molar-refractivity contribution in [2.75, 3.05) is 20.1 Å². The highest BCUT2D eigenvalue weighted by Crippen LogP contribution is 2.22. The molecule has 1 fully saturated rings. The Morgan fingerprint density at radius 2 is 2.08 bits per heavy atom. The zero-order chi connectivity index (χ0) is 17.8. The van der Waals surface area contributed by atoms with Gasteiger partial charge in [-0.15, -0.1) is 10.2 Å². The third kappa shape index (κ3) is 4.43. The first-order valence-electron chi connectivity index (χ1n) is 8.36. The quantitative estimate of drug-likeness (QED) is 0.793. The van der Waals surface area contributed by atoms with E-state index in [1.54, 1.807) is 18.9 Å². The number of hydrogen-bond acceptors (Lipinski definition) is 5. The van der Waals surface area contributed by atoms with Crippen LogP contribution in [0.2, 0.25) is 0 Å². The second-order valence-corrected chi connectivity index (χ2v) is 6.50. The molecule has 7 heteroatoms. The molecule has 0 spiro atoms. The van der Waals surface area contributed by atoms with Crippen LogP contribution in [-0.4, -0.2) is 51.9 Å². The van der Waals surface area contributed by atoms with Gasteiger partial charge in [-0.05, 0) is 17.9 Å². The molecular formula is C18H22N4O3. The Labute approximate surface area is 146 Å². The molecule has 0 aliphatic carbocycles. The van der Waals surface area contributed by atoms with Gasteiger partial charge in [-0.3, -0.25) is 9.59 Å². The molecular weight excluding hydrogens is 320 g/mol. The first-order chi connectivity index (χ1) is 12.0. The SMILES string of the molecule is Cc1nnc(CN(C)C(=O)CN2C[C@@H](Cc3ccccc3)CC2=O)o1. The number of likely N-dealkylation sites (N-methyl/N-ethyl adjacent to an activating group) is 1. The van der Waals surface area contributed by atoms with E-state index in [0.29, 0.717) is 24.7 Å². The molecule has 1 saturated heterocycles. The second kappa shape index (κ2) is 7.46. The number of aromatic nitrogens is 2. The number of amides is 2. The monoisotopic (exact) mass is 342 g/mol. The molecule has 1 aliphatic heterocycles. The van der Waals surface area contributed by atoms with Gasteiger partial charge in [-0.2, -0.15) is 0 Å². The van der Waals surface area contributed by atoms with Crippen LogP contribution in [0.15, 0.2) is 34.7 Å². The van der Waals surface area contributed by atoms with Crippen molar-refractivity contribution in [3.8, 4) is 0 Å². The molecule has 0 unspecified atom stereocenters. The summed E-state index contributed by atoms with van der Waals surface area (Å²) in [7, 11) is 1.67. The van der Waals surface area contributed by atoms with E-state index in [2.05, 4.69) is 22.3 Å². The van der Waals surface area contributed by atoms with Crippen LogP contribution in [0.25, 0.3) is 0 Å². The molecule has 2 aromatic rings. The summed E-state index contributed by atoms with van der Waals surface area (Å²) in [5.41, 5.74) is 1.22. The van der Waals surface area contributed by atoms with Crippen molar-refractivity contribution in [3.63, 3.8) is 0 Å². The topological polar surface area (TPSA) is 79.5 Å². The van der Waals surface area contributed by atoms with Crippen LogP contribution in [0.1, 0.15) is 23.8 Å². The van der Waals surface area contributed by atoms with Gasteiger partial charge < -0.3 is 14.2 Å². The number of carbonyl (C=O) groups is 2. The van der Waals surface area contributed by atoms with E-state index >= 15 is 0 Å². The zero-order valence-corrected chi connectivity index (χ0v) is 14.5. The lowest BCUT2D eigenvalue weighted by atomic mass is 9.99. The molecule has 3 rings (SSSR count). The fraction of sp³-hybridized carbons (Fsp3) is 0.444. The van der Waals surface area contributed by atoms with Crippen LogP contribution in [0.3, 0.4) is 0 Å². The Balaban J connectivity index is 1.51. The van der Waals surface area contributed by atoms with Crippen LogP contribution in [0, 0.1) is 12.8 Å². The zero-order valence-electron chi connectivity index (χ0n) is 14.5. The minimum absolute atomic E-state index is 0.0383. The minimum atomic E-state index is -0.135. The lowest BCUT2D eigenvalue weighted by Crippen LogP contribution is -2.39. The van der Waals surface area contributed by atoms with E-state index in [4.69, 9.17) is 4.42 Å². The maximum atomic E-state index is 12.4. The van der Waals surface area contributed by atoms with Crippen molar-refractivity contribution < 1.29 is 14.0 Å². The summed E-state index contributed by atoms with van der Waals surface area (Å²) in [5, 5.41) is 7.63. The summed E-state index contributed by atoms with van der Waals surface area (Å²) >= 11 is 0. The number of rotatable bonds is 6. The van der Waals surface area contributed by atoms with Crippen molar-refractivity contribution in [1.82, 2.24) is 20.0 Å². The molecule has 2 amide bonds. The van der Waals surface area contributed by atoms with Crippen LogP contribution < -0.4 is 0 Å². The summed E-state index contributed by atoms with van der Waals surface area (Å²) in [5.74, 6) is 1.02. The van der Waals surface area contributed by atoms with Gasteiger partial charge in [-0.25, -0.2) is 0 Å². The Kier molecular flexibility index (Phi) is 5.11. The molecule has 0 saturated carbocycles. The smallest absolute Gasteiger partial charge is 0.242 e. The third-order valence-corrected chi connectivity index (χ3v) is 4.35. The Hall–Kier alpha value is -2.70. The molecule has 1 aromatic carbocycles. The number of nitrogens with zero attached hydrogens (tertiary/aromatic N) is 4. The van der Waals surface area contributed by atoms with Crippen molar-refractivity contribution in [2.24, 2.45) is 5.92 Å². The molecule has 25 heavy (non-hydrogen) atoms. The molecule has 0 bridgehead atoms. The fourth-order valence-electron chi connectivity index (χ4n) is 3.07. The van der Waals surface area contributed by atoms with Crippen LogP contribution >= 0.6 is 0 Å². The molecule has 0 radical (unpaired) electrons. The van der Waals surface area contributed by atoms with Gasteiger partial charge in [0.2, 0.25) is 23.6 Å². The van der Waals surface area contributed by atoms with Gasteiger partial charge in [0.1, 0.15) is 0 Å². The molecule has 0 N–H and O–H groups in total. The third-order valence-electron chi connectivity index (χ3n) is 4.35. The van der Waals surface area contributed by atoms with E-state index in [-0.39, 0.29) is 30.8 Å². The highest BCUT2D eigenvalue weighted by molar-refractivity contribution is 5.86. The van der Waals surface area contributed by atoms with Crippen molar-refractivity contribution in [1.29, 1.82) is 0 Å². The van der Waals surface area contributed by atoms with Gasteiger partial charge in [0.05, 0.1) is 13.1 Å². The standard InChI is InChI=1S/C18H22N4O3/c1-13-19-20-16(25-13)11-21(2)18(24)12-22-10-15(9-17(22)23)8-14-6-4-3-5-7-14/h3-7,15H,8-12H2,1-2H3/t15-/m0/s1. The molecule has 132 valence electrons. The van der Waals surface area contributed by atoms with Crippen molar-refractivity contribution >= 4 is 11.8 Å². The fourth-order valence-corrected chi connectivity index (χ4v) is 3.07. The van der Waals surface area contributed by atoms with E-state index in [0.717, 1.165) is 6.42 Å². The summed E-state index contributed by atoms with van der Waals surface area (Å²) in [6, 6.07) is 10.1. The lowest BCUT2D eigenvalue weighted by Gasteiger charge is -2.21. The Bertz CT molecular complexity index is 744. The average Bonchev–Trinajstić information content (AvgIpc) is 3.14. The molecule has 1 aromatic heterocycles. The van der Waals surface area contributed by atoms with Gasteiger partial charge in [0.15, 0.2) is 0 Å². The number of benzene rings is 1. The first kappa shape index (κ1) is 17.1. The van der Waals surface area contributed by atoms with Gasteiger partial charge in [0, 0.05) is 26.9 Å². The highest BCUT2D eigenvalue weighted by Gasteiger charge is 2.31. The maximum Gasteiger partial charge on any atom is 0.242 e. The number of likely N-dealkylation sites (tertiary alicyclic amines) is 1. The maximum absolute atomic E-state index is 12.4. The average molecular weight is 342 g/mol. The van der Waals surface area contributed by atoms with E-state index in [9.17, 15) is 9.59 Å². The Morgan fingerprint density at radius 1 is 1.32 bits per heavy atom. The predicted molar refractivity (Wildman–Crippen MR) is 90.3 cm³/mol. The summed E-state index contributed by atoms with van der Waals surface area (Å²) in [6.07, 6.45) is 1.35. The van der Waals surface area contributed by atoms with Crippen LogP contribution in [0.4, 0.5) is 0 Å². The predicted octanol–water partition coefficient (Wildman–Crippen LogP) is 1.43. The highest BCUT2D eigenvalue weighted by atomic mass is 16.4. The minimum Gasteiger partial charge on any atom is -0.424 e. The largest absolute Gasteiger partial charge is 0.424 e. The van der Waals surface area contributed by atoms with Crippen LogP contribution in [-0.2, 0) is 22.6 Å². The van der Waals surface area contributed by atoms with Crippen LogP contribution in [0.5, 0.6) is 0 Å². The number of aryl methyl sites for hydroxylation is 1. The summed E-state index contributed by atoms with van der Waals surface area (Å²) in [6.45, 7) is 2.66. The molecule has 7 nitrogen and oxygen atoms in total. The number of carbonyl (C=O) groups excluding carboxylic acids is 2. The van der Waals surface area contributed by atoms with Crippen molar-refractivity contribution in [2.45, 2.75) is 26.3 Å². The second-order valence-electron chi connectivity index (χ2n) is 6.50. The first-order valence-corrected chi connectivity index (χ1v) is 8.36. The summed E-state index contributed by atoms with van der Waals surface area (Å²) in [4.78, 5) is 27.7. The van der Waals surface area contributed by atoms with E-state index in [1.807, 2.05) is 18.2 Å². The Morgan fingerprint density at radius 3 is 2.76 bits per heavy atom. The lowest BCUT2D eigenvalue weighted by molar-refractivity contribution is -0.138. The summed E-state index contributed by atoms with van der Waals surface area (Å²) < 4.78 is 5.28. The normalized spacial score (nSPS) is 17.1. The molecule has 1 aliphatic rings. The van der Waals surface area contributed by atoms with Gasteiger partial charge in [-0.1, -0.05) is 30.3 Å². The van der Waals surface area contributed by atoms with E-state index < -0.39 is 0 Å². The molecule has 1 atom stereocenters. The van der Waals surface area contributed by atoms with Gasteiger partial charge in [0.25, 0.3) is 0 Å². The number of hydrogen-bond donors (Lipinski definition) is 0. The van der Waals surface area contributed by atoms with E-state index in [1.165, 1.54) is 10.5 Å². The molecule has 2 heterocycles. The van der Waals surface area contributed by atoms with Crippen molar-refractivity contribution in [3.05, 3.63) is 47.7 Å².